The van der Waals surface area contributed by atoms with Crippen molar-refractivity contribution in [2.24, 2.45) is 0 Å². The average Bonchev–Trinajstić information content (AvgIpc) is 2.59. The first kappa shape index (κ1) is 13.2. The Balaban J connectivity index is 1.68. The van der Waals surface area contributed by atoms with Crippen LogP contribution in [0.25, 0.3) is 0 Å². The summed E-state index contributed by atoms with van der Waals surface area (Å²) in [5.41, 5.74) is 0. The van der Waals surface area contributed by atoms with Crippen LogP contribution in [-0.2, 0) is 4.79 Å². The molecule has 2 N–H and O–H groups in total. The van der Waals surface area contributed by atoms with Crippen molar-refractivity contribution >= 4 is 17.7 Å². The third-order valence-corrected chi connectivity index (χ3v) is 4.54. The quantitative estimate of drug-likeness (QED) is 0.763. The lowest BCUT2D eigenvalue weighted by Gasteiger charge is -2.24. The van der Waals surface area contributed by atoms with E-state index in [2.05, 4.69) is 15.5 Å². The number of nitrogens with one attached hydrogen (secondary N) is 2. The minimum atomic E-state index is 0.208. The Hall–Kier alpha value is -0.260. The maximum absolute atomic E-state index is 11.9. The SMILES string of the molecule is O=C(CN1CCCNCC1)NC1CCCSC1. The van der Waals surface area contributed by atoms with Gasteiger partial charge in [-0.1, -0.05) is 0 Å². The Morgan fingerprint density at radius 3 is 3.12 bits per heavy atom. The average molecular weight is 257 g/mol. The molecule has 2 fully saturated rings. The first-order valence-electron chi connectivity index (χ1n) is 6.65. The van der Waals surface area contributed by atoms with Crippen LogP contribution in [0.4, 0.5) is 0 Å². The van der Waals surface area contributed by atoms with Crippen LogP contribution in [0.2, 0.25) is 0 Å². The van der Waals surface area contributed by atoms with Gasteiger partial charge in [-0.2, -0.15) is 11.8 Å². The normalized spacial score (nSPS) is 27.4. The van der Waals surface area contributed by atoms with E-state index in [1.54, 1.807) is 0 Å². The highest BCUT2D eigenvalue weighted by molar-refractivity contribution is 7.99. The largest absolute Gasteiger partial charge is 0.351 e. The number of carbonyl (C=O) groups excluding carboxylic acids is 1. The van der Waals surface area contributed by atoms with Crippen LogP contribution in [0.3, 0.4) is 0 Å². The molecule has 0 bridgehead atoms. The molecule has 0 aromatic heterocycles. The van der Waals surface area contributed by atoms with Crippen LogP contribution < -0.4 is 10.6 Å². The molecule has 0 aromatic rings. The van der Waals surface area contributed by atoms with Gasteiger partial charge in [0.25, 0.3) is 0 Å². The summed E-state index contributed by atoms with van der Waals surface area (Å²) in [4.78, 5) is 14.2. The van der Waals surface area contributed by atoms with E-state index in [0.717, 1.165) is 44.8 Å². The molecular weight excluding hydrogens is 234 g/mol. The monoisotopic (exact) mass is 257 g/mol. The standard InChI is InChI=1S/C12H23N3OS/c16-12(14-11-3-1-8-17-10-11)9-15-6-2-4-13-5-7-15/h11,13H,1-10H2,(H,14,16). The highest BCUT2D eigenvalue weighted by atomic mass is 32.2. The third-order valence-electron chi connectivity index (χ3n) is 3.33. The summed E-state index contributed by atoms with van der Waals surface area (Å²) in [5.74, 6) is 2.55. The number of amides is 1. The van der Waals surface area contributed by atoms with Crippen LogP contribution in [0, 0.1) is 0 Å². The summed E-state index contributed by atoms with van der Waals surface area (Å²) in [7, 11) is 0. The van der Waals surface area contributed by atoms with E-state index in [1.807, 2.05) is 11.8 Å². The van der Waals surface area contributed by atoms with Gasteiger partial charge in [-0.15, -0.1) is 0 Å². The zero-order valence-corrected chi connectivity index (χ0v) is 11.2. The van der Waals surface area contributed by atoms with Crippen molar-refractivity contribution in [2.45, 2.75) is 25.3 Å². The first-order chi connectivity index (χ1) is 8.34. The van der Waals surface area contributed by atoms with Crippen molar-refractivity contribution in [2.75, 3.05) is 44.2 Å². The maximum atomic E-state index is 11.9. The first-order valence-corrected chi connectivity index (χ1v) is 7.80. The molecule has 0 radical (unpaired) electrons. The lowest BCUT2D eigenvalue weighted by Crippen LogP contribution is -2.44. The van der Waals surface area contributed by atoms with Gasteiger partial charge >= 0.3 is 0 Å². The molecule has 1 unspecified atom stereocenters. The Kier molecular flexibility index (Phi) is 5.61. The molecule has 1 atom stereocenters. The van der Waals surface area contributed by atoms with Gasteiger partial charge in [0.15, 0.2) is 0 Å². The number of rotatable bonds is 3. The molecule has 2 rings (SSSR count). The van der Waals surface area contributed by atoms with E-state index >= 15 is 0 Å². The summed E-state index contributed by atoms with van der Waals surface area (Å²) in [6.45, 7) is 4.69. The number of hydrogen-bond donors (Lipinski definition) is 2. The number of carbonyl (C=O) groups is 1. The lowest BCUT2D eigenvalue weighted by molar-refractivity contribution is -0.122. The highest BCUT2D eigenvalue weighted by Gasteiger charge is 2.18. The molecule has 0 aromatic carbocycles. The van der Waals surface area contributed by atoms with Crippen molar-refractivity contribution < 1.29 is 4.79 Å². The minimum Gasteiger partial charge on any atom is -0.351 e. The predicted octanol–water partition coefficient (Wildman–Crippen LogP) is 0.294. The zero-order chi connectivity index (χ0) is 11.9. The summed E-state index contributed by atoms with van der Waals surface area (Å²) < 4.78 is 0. The van der Waals surface area contributed by atoms with E-state index < -0.39 is 0 Å². The maximum Gasteiger partial charge on any atom is 0.234 e. The van der Waals surface area contributed by atoms with Crippen LogP contribution in [0.1, 0.15) is 19.3 Å². The molecule has 5 heteroatoms. The molecule has 98 valence electrons. The molecule has 2 heterocycles. The fourth-order valence-corrected chi connectivity index (χ4v) is 3.46. The van der Waals surface area contributed by atoms with Gasteiger partial charge in [0, 0.05) is 24.9 Å². The zero-order valence-electron chi connectivity index (χ0n) is 10.4. The van der Waals surface area contributed by atoms with E-state index in [0.29, 0.717) is 12.6 Å². The Bertz CT molecular complexity index is 236. The molecule has 1 amide bonds. The van der Waals surface area contributed by atoms with E-state index in [1.165, 1.54) is 12.2 Å². The number of thioether (sulfide) groups is 1. The second-order valence-corrected chi connectivity index (χ2v) is 6.01. The van der Waals surface area contributed by atoms with E-state index in [9.17, 15) is 4.79 Å². The molecule has 17 heavy (non-hydrogen) atoms. The van der Waals surface area contributed by atoms with Gasteiger partial charge in [0.05, 0.1) is 6.54 Å². The van der Waals surface area contributed by atoms with Gasteiger partial charge < -0.3 is 10.6 Å². The highest BCUT2D eigenvalue weighted by Crippen LogP contribution is 2.16. The van der Waals surface area contributed by atoms with Crippen molar-refractivity contribution in [1.29, 1.82) is 0 Å². The topological polar surface area (TPSA) is 44.4 Å². The Labute approximate surface area is 108 Å². The van der Waals surface area contributed by atoms with Gasteiger partial charge in [0.2, 0.25) is 5.91 Å². The van der Waals surface area contributed by atoms with Gasteiger partial charge in [-0.3, -0.25) is 9.69 Å². The van der Waals surface area contributed by atoms with Crippen molar-refractivity contribution in [1.82, 2.24) is 15.5 Å². The van der Waals surface area contributed by atoms with Gasteiger partial charge in [-0.25, -0.2) is 0 Å². The summed E-state index contributed by atoms with van der Waals surface area (Å²) >= 11 is 1.96. The molecule has 4 nitrogen and oxygen atoms in total. The summed E-state index contributed by atoms with van der Waals surface area (Å²) in [6, 6.07) is 0.409. The number of nitrogens with zero attached hydrogens (tertiary/aromatic N) is 1. The smallest absolute Gasteiger partial charge is 0.234 e. The van der Waals surface area contributed by atoms with Crippen molar-refractivity contribution in [3.63, 3.8) is 0 Å². The van der Waals surface area contributed by atoms with E-state index in [4.69, 9.17) is 0 Å². The van der Waals surface area contributed by atoms with Crippen LogP contribution in [0.5, 0.6) is 0 Å². The molecule has 0 aliphatic carbocycles. The van der Waals surface area contributed by atoms with E-state index in [-0.39, 0.29) is 5.91 Å². The second kappa shape index (κ2) is 7.24. The van der Waals surface area contributed by atoms with Gasteiger partial charge in [0.1, 0.15) is 0 Å². The minimum absolute atomic E-state index is 0.208. The molecule has 2 aliphatic rings. The Morgan fingerprint density at radius 2 is 2.29 bits per heavy atom. The molecule has 2 saturated heterocycles. The summed E-state index contributed by atoms with van der Waals surface area (Å²) in [5, 5.41) is 6.52. The van der Waals surface area contributed by atoms with Crippen LogP contribution in [0.15, 0.2) is 0 Å². The fourth-order valence-electron chi connectivity index (χ4n) is 2.39. The Morgan fingerprint density at radius 1 is 1.35 bits per heavy atom. The molecule has 2 aliphatic heterocycles. The third kappa shape index (κ3) is 4.85. The molecule has 0 spiro atoms. The molecular formula is C12H23N3OS. The van der Waals surface area contributed by atoms with Crippen molar-refractivity contribution in [3.8, 4) is 0 Å². The molecule has 0 saturated carbocycles. The van der Waals surface area contributed by atoms with Gasteiger partial charge in [-0.05, 0) is 38.1 Å². The number of hydrogen-bond acceptors (Lipinski definition) is 4. The van der Waals surface area contributed by atoms with Crippen LogP contribution in [-0.4, -0.2) is 61.1 Å². The predicted molar refractivity (Wildman–Crippen MR) is 72.4 cm³/mol. The van der Waals surface area contributed by atoms with Crippen molar-refractivity contribution in [3.05, 3.63) is 0 Å². The van der Waals surface area contributed by atoms with Crippen LogP contribution >= 0.6 is 11.8 Å². The lowest BCUT2D eigenvalue weighted by atomic mass is 10.2. The second-order valence-electron chi connectivity index (χ2n) is 4.86. The fraction of sp³-hybridized carbons (Fsp3) is 0.917. The summed E-state index contributed by atoms with van der Waals surface area (Å²) in [6.07, 6.45) is 3.54.